The van der Waals surface area contributed by atoms with Crippen molar-refractivity contribution in [1.82, 2.24) is 14.5 Å². The Labute approximate surface area is 202 Å². The first kappa shape index (κ1) is 23.8. The molecule has 1 fully saturated rings. The van der Waals surface area contributed by atoms with Gasteiger partial charge in [0.1, 0.15) is 17.1 Å². The number of hydrogen-bond donors (Lipinski definition) is 3. The molecule has 1 aliphatic heterocycles. The number of nitrogens with one attached hydrogen (secondary N) is 1. The minimum Gasteiger partial charge on any atom is -0.393 e. The van der Waals surface area contributed by atoms with Crippen LogP contribution in [-0.2, 0) is 10.0 Å². The molecule has 0 saturated carbocycles. The molecule has 1 aliphatic rings. The van der Waals surface area contributed by atoms with Crippen molar-refractivity contribution in [3.63, 3.8) is 0 Å². The first-order chi connectivity index (χ1) is 16.2. The van der Waals surface area contributed by atoms with Crippen molar-refractivity contribution in [1.29, 1.82) is 0 Å². The van der Waals surface area contributed by atoms with Crippen LogP contribution in [0.2, 0.25) is 0 Å². The number of carbonyl (C=O) groups is 1. The highest BCUT2D eigenvalue weighted by molar-refractivity contribution is 6.13. The summed E-state index contributed by atoms with van der Waals surface area (Å²) in [6, 6.07) is 15.9. The van der Waals surface area contributed by atoms with Gasteiger partial charge in [-0.3, -0.25) is 4.79 Å². The highest BCUT2D eigenvalue weighted by Crippen LogP contribution is 2.24. The Bertz CT molecular complexity index is 1200. The molecule has 8 heteroatoms. The van der Waals surface area contributed by atoms with Gasteiger partial charge < -0.3 is 25.0 Å². The first-order valence-electron chi connectivity index (χ1n) is 11.1. The van der Waals surface area contributed by atoms with E-state index in [-0.39, 0.29) is 12.5 Å². The minimum absolute atomic E-state index is 0.118. The van der Waals surface area contributed by atoms with Crippen LogP contribution in [0.25, 0.3) is 11.1 Å². The lowest BCUT2D eigenvalue weighted by Gasteiger charge is -2.39. The van der Waals surface area contributed by atoms with Crippen LogP contribution in [0.1, 0.15) is 31.3 Å². The Morgan fingerprint density at radius 1 is 1.21 bits per heavy atom. The predicted molar refractivity (Wildman–Crippen MR) is 132 cm³/mol. The lowest BCUT2D eigenvalue weighted by Crippen LogP contribution is -2.56. The van der Waals surface area contributed by atoms with Crippen LogP contribution in [0.15, 0.2) is 60.9 Å². The number of aliphatic hydroxyl groups is 2. The second-order valence-electron chi connectivity index (χ2n) is 8.62. The summed E-state index contributed by atoms with van der Waals surface area (Å²) in [5.74, 6) is 6.66. The van der Waals surface area contributed by atoms with Crippen molar-refractivity contribution in [3.05, 3.63) is 72.3 Å². The molecule has 3 N–H and O–H groups in total. The Kier molecular flexibility index (Phi) is 6.89. The van der Waals surface area contributed by atoms with E-state index in [1.807, 2.05) is 41.3 Å². The van der Waals surface area contributed by atoms with Crippen LogP contribution < -0.4 is 5.32 Å². The van der Waals surface area contributed by atoms with Crippen molar-refractivity contribution < 1.29 is 15.0 Å². The maximum absolute atomic E-state index is 11.3. The third-order valence-electron chi connectivity index (χ3n) is 5.80. The monoisotopic (exact) mass is 471 g/mol. The van der Waals surface area contributed by atoms with E-state index < -0.39 is 11.3 Å². The van der Waals surface area contributed by atoms with Crippen molar-refractivity contribution in [2.45, 2.75) is 31.2 Å². The molecule has 3 aromatic rings. The van der Waals surface area contributed by atoms with Gasteiger partial charge in [0.15, 0.2) is 0 Å². The van der Waals surface area contributed by atoms with E-state index in [4.69, 9.17) is 0 Å². The molecular formula is C26H27N4O3Si. The van der Waals surface area contributed by atoms with Gasteiger partial charge in [-0.25, -0.2) is 4.98 Å². The normalized spacial score (nSPS) is 16.1. The van der Waals surface area contributed by atoms with Gasteiger partial charge in [-0.2, -0.15) is 0 Å². The highest BCUT2D eigenvalue weighted by Gasteiger charge is 2.28. The molecule has 2 aromatic carbocycles. The second-order valence-corrected chi connectivity index (χ2v) is 9.59. The zero-order chi connectivity index (χ0) is 24.3. The maximum Gasteiger partial charge on any atom is 0.219 e. The largest absolute Gasteiger partial charge is 0.393 e. The molecule has 0 unspecified atom stereocenters. The number of amides is 1. The molecule has 7 nitrogen and oxygen atoms in total. The number of imidazole rings is 1. The van der Waals surface area contributed by atoms with Crippen LogP contribution in [0.3, 0.4) is 0 Å². The average molecular weight is 472 g/mol. The van der Waals surface area contributed by atoms with Crippen LogP contribution in [0, 0.1) is 11.8 Å². The summed E-state index contributed by atoms with van der Waals surface area (Å²) < 4.78 is 1.66. The van der Waals surface area contributed by atoms with Crippen LogP contribution in [0.5, 0.6) is 0 Å². The van der Waals surface area contributed by atoms with E-state index in [9.17, 15) is 15.0 Å². The highest BCUT2D eigenvalue weighted by atomic mass is 28.1. The predicted octanol–water partition coefficient (Wildman–Crippen LogP) is 2.11. The summed E-state index contributed by atoms with van der Waals surface area (Å²) in [6.07, 6.45) is 3.25. The summed E-state index contributed by atoms with van der Waals surface area (Å²) in [6.45, 7) is 4.45. The van der Waals surface area contributed by atoms with Crippen LogP contribution >= 0.6 is 0 Å². The third kappa shape index (κ3) is 5.39. The number of anilines is 1. The third-order valence-corrected chi connectivity index (χ3v) is 6.02. The molecular weight excluding hydrogens is 444 g/mol. The lowest BCUT2D eigenvalue weighted by atomic mass is 10.0. The second kappa shape index (κ2) is 9.85. The molecule has 2 atom stereocenters. The molecule has 2 heterocycles. The smallest absolute Gasteiger partial charge is 0.219 e. The van der Waals surface area contributed by atoms with Gasteiger partial charge in [0.25, 0.3) is 0 Å². The number of benzene rings is 2. The van der Waals surface area contributed by atoms with Crippen molar-refractivity contribution in [3.8, 4) is 23.0 Å². The molecule has 34 heavy (non-hydrogen) atoms. The Morgan fingerprint density at radius 3 is 2.38 bits per heavy atom. The minimum atomic E-state index is -1.32. The molecule has 1 amide bonds. The number of nitrogens with zero attached hydrogens (tertiary/aromatic N) is 3. The van der Waals surface area contributed by atoms with E-state index in [2.05, 4.69) is 44.5 Å². The molecule has 4 rings (SSSR count). The van der Waals surface area contributed by atoms with Gasteiger partial charge in [-0.15, -0.1) is 0 Å². The number of aromatic nitrogens is 2. The summed E-state index contributed by atoms with van der Waals surface area (Å²) >= 11 is 0. The van der Waals surface area contributed by atoms with Crippen LogP contribution in [0.4, 0.5) is 5.69 Å². The van der Waals surface area contributed by atoms with Gasteiger partial charge in [-0.05, 0) is 42.3 Å². The number of carbonyl (C=O) groups excluding carboxylic acids is 1. The van der Waals surface area contributed by atoms with E-state index in [1.165, 1.54) is 0 Å². The molecule has 0 bridgehead atoms. The zero-order valence-electron chi connectivity index (χ0n) is 19.2. The molecule has 0 aliphatic carbocycles. The van der Waals surface area contributed by atoms with Gasteiger partial charge in [-0.1, -0.05) is 36.1 Å². The quantitative estimate of drug-likeness (QED) is 0.378. The molecule has 0 spiro atoms. The Balaban J connectivity index is 1.41. The number of aliphatic hydroxyl groups excluding tert-OH is 1. The lowest BCUT2D eigenvalue weighted by molar-refractivity contribution is -0.132. The Morgan fingerprint density at radius 2 is 1.82 bits per heavy atom. The molecule has 1 aromatic heterocycles. The number of hydrogen-bond acceptors (Lipinski definition) is 5. The van der Waals surface area contributed by atoms with E-state index in [0.717, 1.165) is 35.5 Å². The summed E-state index contributed by atoms with van der Waals surface area (Å²) in [5, 5.41) is 22.2. The zero-order valence-corrected chi connectivity index (χ0v) is 20.2. The number of rotatable bonds is 6. The molecule has 173 valence electrons. The molecule has 1 saturated heterocycles. The maximum atomic E-state index is 11.3. The summed E-state index contributed by atoms with van der Waals surface area (Å²) in [4.78, 5) is 17.3. The fourth-order valence-corrected chi connectivity index (χ4v) is 4.07. The fourth-order valence-electron chi connectivity index (χ4n) is 3.88. The van der Waals surface area contributed by atoms with Gasteiger partial charge in [0, 0.05) is 43.7 Å². The standard InChI is InChI=1S/C26H27N4O3Si/c1-18(32)29-15-23(16-29)28-22-10-8-21(9-11-22)20-6-3-19(4-7-20)5-12-24(17-31)30-14-13-27-25(30)26(2,33)34/h3-4,6-11,13-14,23-24,28,31,33H,15-17H2,1-2H3/t24-,26-/m0/s1. The summed E-state index contributed by atoms with van der Waals surface area (Å²) in [5.41, 5.74) is 4.04. The van der Waals surface area contributed by atoms with Crippen molar-refractivity contribution >= 4 is 21.8 Å². The fraction of sp³-hybridized carbons (Fsp3) is 0.308. The average Bonchev–Trinajstić information content (AvgIpc) is 3.27. The van der Waals surface area contributed by atoms with Gasteiger partial charge in [0.05, 0.1) is 22.9 Å². The van der Waals surface area contributed by atoms with Crippen LogP contribution in [-0.4, -0.2) is 66.6 Å². The molecule has 3 radical (unpaired) electrons. The Hall–Kier alpha value is -3.38. The van der Waals surface area contributed by atoms with E-state index in [0.29, 0.717) is 11.9 Å². The van der Waals surface area contributed by atoms with E-state index >= 15 is 0 Å². The first-order valence-corrected chi connectivity index (χ1v) is 11.6. The van der Waals surface area contributed by atoms with Crippen molar-refractivity contribution in [2.24, 2.45) is 0 Å². The number of likely N-dealkylation sites (tertiary alicyclic amines) is 1. The topological polar surface area (TPSA) is 90.6 Å². The SMILES string of the molecule is CC(=O)N1CC(Nc2ccc(-c3ccc(C#C[C@@H](CO)n4ccnc4[C@@](C)(O)[Si])cc3)cc2)C1. The van der Waals surface area contributed by atoms with Gasteiger partial charge in [0.2, 0.25) is 5.91 Å². The summed E-state index contributed by atoms with van der Waals surface area (Å²) in [7, 11) is 3.25. The van der Waals surface area contributed by atoms with E-state index in [1.54, 1.807) is 30.8 Å². The van der Waals surface area contributed by atoms with Gasteiger partial charge >= 0.3 is 0 Å². The van der Waals surface area contributed by atoms with Crippen molar-refractivity contribution in [2.75, 3.05) is 25.0 Å².